The highest BCUT2D eigenvalue weighted by Gasteiger charge is 2.51. The molecule has 1 aromatic rings. The van der Waals surface area contributed by atoms with Crippen molar-refractivity contribution in [3.8, 4) is 0 Å². The molecule has 34 heavy (non-hydrogen) atoms. The zero-order valence-corrected chi connectivity index (χ0v) is 19.6. The van der Waals surface area contributed by atoms with Crippen LogP contribution in [0.4, 0.5) is 0 Å². The van der Waals surface area contributed by atoms with Crippen molar-refractivity contribution in [2.75, 3.05) is 6.61 Å². The highest BCUT2D eigenvalue weighted by Crippen LogP contribution is 2.33. The molecule has 4 atom stereocenters. The first-order valence-corrected chi connectivity index (χ1v) is 10.3. The minimum atomic E-state index is -1.37. The van der Waals surface area contributed by atoms with E-state index in [1.165, 1.54) is 6.20 Å². The van der Waals surface area contributed by atoms with E-state index in [1.54, 1.807) is 20.8 Å². The van der Waals surface area contributed by atoms with Crippen LogP contribution in [0.3, 0.4) is 0 Å². The number of carbonyl (C=O) groups is 5. The SMILES string of the molecule is CC(=O)OC[C@@H]1O[C@@H](n2ccnc(C(=O)NC(=O)C(C)(C)C)c2=O)[C@H](OC(C)=O)[C@@H]1OC(C)=O. The van der Waals surface area contributed by atoms with E-state index in [2.05, 4.69) is 10.3 Å². The predicted octanol–water partition coefficient (Wildman–Crippen LogP) is -0.130. The van der Waals surface area contributed by atoms with Crippen molar-refractivity contribution in [2.24, 2.45) is 5.41 Å². The standard InChI is InChI=1S/C21H27N3O10/c1-10(25)31-9-13-15(32-11(2)26)16(33-12(3)27)19(34-13)24-8-7-22-14(18(24)29)17(28)23-20(30)21(4,5)6/h7-8,13,15-16,19H,9H2,1-6H3,(H,23,28,30)/t13-,15+,16+,19+/m0/s1. The molecule has 2 heterocycles. The number of amides is 2. The lowest BCUT2D eigenvalue weighted by atomic mass is 9.96. The van der Waals surface area contributed by atoms with E-state index in [0.717, 1.165) is 31.5 Å². The van der Waals surface area contributed by atoms with Gasteiger partial charge in [-0.05, 0) is 0 Å². The molecule has 1 saturated heterocycles. The van der Waals surface area contributed by atoms with Crippen molar-refractivity contribution in [2.45, 2.75) is 66.1 Å². The Balaban J connectivity index is 2.47. The number of aromatic nitrogens is 2. The number of rotatable bonds is 6. The average Bonchev–Trinajstić information content (AvgIpc) is 3.01. The van der Waals surface area contributed by atoms with Crippen molar-refractivity contribution in [3.63, 3.8) is 0 Å². The number of esters is 3. The molecule has 0 bridgehead atoms. The van der Waals surface area contributed by atoms with Gasteiger partial charge >= 0.3 is 17.9 Å². The molecule has 1 aliphatic heterocycles. The van der Waals surface area contributed by atoms with Crippen LogP contribution in [-0.4, -0.2) is 64.2 Å². The van der Waals surface area contributed by atoms with Crippen molar-refractivity contribution in [1.29, 1.82) is 0 Å². The predicted molar refractivity (Wildman–Crippen MR) is 112 cm³/mol. The van der Waals surface area contributed by atoms with Gasteiger partial charge in [-0.15, -0.1) is 0 Å². The number of ether oxygens (including phenoxy) is 4. The fraction of sp³-hybridized carbons (Fsp3) is 0.571. The van der Waals surface area contributed by atoms with Crippen molar-refractivity contribution in [1.82, 2.24) is 14.9 Å². The molecule has 1 aliphatic rings. The van der Waals surface area contributed by atoms with Crippen LogP contribution in [-0.2, 0) is 38.1 Å². The molecule has 0 radical (unpaired) electrons. The zero-order valence-electron chi connectivity index (χ0n) is 19.6. The maximum atomic E-state index is 13.1. The minimum absolute atomic E-state index is 0.366. The fourth-order valence-electron chi connectivity index (χ4n) is 3.05. The molecule has 2 rings (SSSR count). The van der Waals surface area contributed by atoms with Gasteiger partial charge in [0.1, 0.15) is 12.7 Å². The van der Waals surface area contributed by atoms with Crippen molar-refractivity contribution in [3.05, 3.63) is 28.4 Å². The van der Waals surface area contributed by atoms with E-state index in [0.29, 0.717) is 0 Å². The number of carbonyl (C=O) groups excluding carboxylic acids is 5. The van der Waals surface area contributed by atoms with Gasteiger partial charge in [-0.1, -0.05) is 20.8 Å². The topological polar surface area (TPSA) is 169 Å². The Morgan fingerprint density at radius 3 is 2.15 bits per heavy atom. The Bertz CT molecular complexity index is 1040. The second-order valence-corrected chi connectivity index (χ2v) is 8.54. The first kappa shape index (κ1) is 26.6. The molecular weight excluding hydrogens is 454 g/mol. The lowest BCUT2D eigenvalue weighted by Gasteiger charge is -2.24. The van der Waals surface area contributed by atoms with Crippen LogP contribution >= 0.6 is 0 Å². The maximum Gasteiger partial charge on any atom is 0.303 e. The van der Waals surface area contributed by atoms with Crippen molar-refractivity contribution < 1.29 is 42.9 Å². The van der Waals surface area contributed by atoms with Gasteiger partial charge in [0, 0.05) is 38.6 Å². The number of hydrogen-bond donors (Lipinski definition) is 1. The quantitative estimate of drug-likeness (QED) is 0.424. The maximum absolute atomic E-state index is 13.1. The number of nitrogens with one attached hydrogen (secondary N) is 1. The molecule has 0 spiro atoms. The minimum Gasteiger partial charge on any atom is -0.463 e. The van der Waals surface area contributed by atoms with Crippen LogP contribution in [0.5, 0.6) is 0 Å². The summed E-state index contributed by atoms with van der Waals surface area (Å²) in [4.78, 5) is 76.2. The third-order valence-electron chi connectivity index (χ3n) is 4.61. The summed E-state index contributed by atoms with van der Waals surface area (Å²) in [5.74, 6) is -3.79. The second kappa shape index (κ2) is 10.5. The first-order chi connectivity index (χ1) is 15.7. The molecule has 13 nitrogen and oxygen atoms in total. The van der Waals surface area contributed by atoms with Gasteiger partial charge < -0.3 is 18.9 Å². The Labute approximate surface area is 194 Å². The largest absolute Gasteiger partial charge is 0.463 e. The Morgan fingerprint density at radius 1 is 1.03 bits per heavy atom. The Kier molecular flexibility index (Phi) is 8.26. The summed E-state index contributed by atoms with van der Waals surface area (Å²) in [5, 5.41) is 2.11. The highest BCUT2D eigenvalue weighted by atomic mass is 16.7. The molecule has 0 aliphatic carbocycles. The normalized spacial score (nSPS) is 21.9. The number of imide groups is 1. The molecule has 0 unspecified atom stereocenters. The van der Waals surface area contributed by atoms with Gasteiger partial charge in [-0.2, -0.15) is 0 Å². The third-order valence-corrected chi connectivity index (χ3v) is 4.61. The Morgan fingerprint density at radius 2 is 1.62 bits per heavy atom. The molecule has 1 aromatic heterocycles. The molecule has 1 fully saturated rings. The first-order valence-electron chi connectivity index (χ1n) is 10.3. The van der Waals surface area contributed by atoms with Crippen molar-refractivity contribution >= 4 is 29.7 Å². The van der Waals surface area contributed by atoms with Gasteiger partial charge in [0.25, 0.3) is 11.5 Å². The molecule has 2 amide bonds. The van der Waals surface area contributed by atoms with Gasteiger partial charge in [0.15, 0.2) is 24.1 Å². The molecule has 13 heteroatoms. The number of hydrogen-bond acceptors (Lipinski definition) is 11. The van der Waals surface area contributed by atoms with E-state index in [4.69, 9.17) is 18.9 Å². The van der Waals surface area contributed by atoms with Gasteiger partial charge in [-0.3, -0.25) is 38.7 Å². The lowest BCUT2D eigenvalue weighted by Crippen LogP contribution is -2.44. The van der Waals surface area contributed by atoms with Crippen LogP contribution in [0.1, 0.15) is 58.3 Å². The molecule has 0 saturated carbocycles. The van der Waals surface area contributed by atoms with E-state index < -0.39 is 70.9 Å². The summed E-state index contributed by atoms with van der Waals surface area (Å²) in [5.41, 5.74) is -2.48. The van der Waals surface area contributed by atoms with E-state index in [1.807, 2.05) is 0 Å². The summed E-state index contributed by atoms with van der Waals surface area (Å²) in [6, 6.07) is 0. The smallest absolute Gasteiger partial charge is 0.303 e. The van der Waals surface area contributed by atoms with Crippen LogP contribution in [0.25, 0.3) is 0 Å². The molecule has 0 aromatic carbocycles. The van der Waals surface area contributed by atoms with E-state index in [9.17, 15) is 28.8 Å². The van der Waals surface area contributed by atoms with Gasteiger partial charge in [0.2, 0.25) is 5.91 Å². The summed E-state index contributed by atoms with van der Waals surface area (Å²) in [7, 11) is 0. The zero-order chi connectivity index (χ0) is 25.8. The molecular formula is C21H27N3O10. The fourth-order valence-corrected chi connectivity index (χ4v) is 3.05. The van der Waals surface area contributed by atoms with Crippen LogP contribution in [0.2, 0.25) is 0 Å². The van der Waals surface area contributed by atoms with Crippen LogP contribution < -0.4 is 10.9 Å². The monoisotopic (exact) mass is 481 g/mol. The second-order valence-electron chi connectivity index (χ2n) is 8.54. The van der Waals surface area contributed by atoms with Gasteiger partial charge in [-0.25, -0.2) is 4.98 Å². The van der Waals surface area contributed by atoms with Crippen LogP contribution in [0, 0.1) is 5.41 Å². The molecule has 186 valence electrons. The summed E-state index contributed by atoms with van der Waals surface area (Å²) in [6.07, 6.45) is -2.73. The summed E-state index contributed by atoms with van der Waals surface area (Å²) >= 11 is 0. The van der Waals surface area contributed by atoms with E-state index >= 15 is 0 Å². The van der Waals surface area contributed by atoms with E-state index in [-0.39, 0.29) is 6.61 Å². The molecule has 1 N–H and O–H groups in total. The van der Waals surface area contributed by atoms with Crippen LogP contribution in [0.15, 0.2) is 17.2 Å². The Hall–Kier alpha value is -3.61. The summed E-state index contributed by atoms with van der Waals surface area (Å²) < 4.78 is 22.2. The summed E-state index contributed by atoms with van der Waals surface area (Å²) in [6.45, 7) is 7.77. The lowest BCUT2D eigenvalue weighted by molar-refractivity contribution is -0.166. The number of nitrogens with zero attached hydrogens (tertiary/aromatic N) is 2. The van der Waals surface area contributed by atoms with Gasteiger partial charge in [0.05, 0.1) is 0 Å². The third kappa shape index (κ3) is 6.47. The highest BCUT2D eigenvalue weighted by molar-refractivity contribution is 6.04. The average molecular weight is 481 g/mol.